The summed E-state index contributed by atoms with van der Waals surface area (Å²) in [5.74, 6) is 0. The zero-order chi connectivity index (χ0) is 10.1. The van der Waals surface area contributed by atoms with Gasteiger partial charge in [-0.15, -0.1) is 0 Å². The van der Waals surface area contributed by atoms with Crippen molar-refractivity contribution >= 4 is 0 Å². The molecule has 0 radical (unpaired) electrons. The smallest absolute Gasteiger partial charge is 0.0471 e. The van der Waals surface area contributed by atoms with Gasteiger partial charge in [0.1, 0.15) is 0 Å². The van der Waals surface area contributed by atoms with Crippen LogP contribution in [0.2, 0.25) is 0 Å². The Balaban J connectivity index is 0.000000165. The number of benzene rings is 1. The number of rotatable bonds is 2. The quantitative estimate of drug-likeness (QED) is 0.780. The molecule has 1 aliphatic heterocycles. The van der Waals surface area contributed by atoms with Gasteiger partial charge in [-0.1, -0.05) is 30.3 Å². The van der Waals surface area contributed by atoms with Gasteiger partial charge in [-0.2, -0.15) is 0 Å². The summed E-state index contributed by atoms with van der Waals surface area (Å²) in [5.41, 5.74) is 1.19. The molecule has 1 aromatic rings. The van der Waals surface area contributed by atoms with Crippen LogP contribution in [0.3, 0.4) is 0 Å². The minimum absolute atomic E-state index is 0.240. The van der Waals surface area contributed by atoms with Gasteiger partial charge in [0.15, 0.2) is 0 Å². The fourth-order valence-corrected chi connectivity index (χ4v) is 1.28. The molecule has 0 bridgehead atoms. The van der Waals surface area contributed by atoms with Gasteiger partial charge < -0.3 is 9.84 Å². The van der Waals surface area contributed by atoms with Crippen LogP contribution in [0.4, 0.5) is 0 Å². The van der Waals surface area contributed by atoms with Crippen LogP contribution in [0.1, 0.15) is 18.4 Å². The van der Waals surface area contributed by atoms with E-state index >= 15 is 0 Å². The lowest BCUT2D eigenvalue weighted by Gasteiger charge is -1.93. The third kappa shape index (κ3) is 5.00. The molecule has 1 fully saturated rings. The molecule has 1 heterocycles. The van der Waals surface area contributed by atoms with Gasteiger partial charge in [0.2, 0.25) is 0 Å². The van der Waals surface area contributed by atoms with Crippen molar-refractivity contribution in [3.8, 4) is 0 Å². The third-order valence-corrected chi connectivity index (χ3v) is 2.07. The van der Waals surface area contributed by atoms with Crippen LogP contribution in [0.25, 0.3) is 0 Å². The molecule has 0 aliphatic carbocycles. The van der Waals surface area contributed by atoms with Crippen LogP contribution in [-0.2, 0) is 11.2 Å². The largest absolute Gasteiger partial charge is 0.396 e. The summed E-state index contributed by atoms with van der Waals surface area (Å²) < 4.78 is 4.94. The Hall–Kier alpha value is -0.860. The maximum absolute atomic E-state index is 8.52. The average Bonchev–Trinajstić information content (AvgIpc) is 2.78. The molecular weight excluding hydrogens is 176 g/mol. The maximum Gasteiger partial charge on any atom is 0.0471 e. The zero-order valence-corrected chi connectivity index (χ0v) is 8.48. The lowest BCUT2D eigenvalue weighted by Crippen LogP contribution is -1.88. The van der Waals surface area contributed by atoms with Gasteiger partial charge in [0.25, 0.3) is 0 Å². The molecule has 2 heteroatoms. The first kappa shape index (κ1) is 11.2. The molecule has 0 spiro atoms. The summed E-state index contributed by atoms with van der Waals surface area (Å²) in [5, 5.41) is 8.52. The normalized spacial score (nSPS) is 14.6. The molecule has 0 aromatic heterocycles. The van der Waals surface area contributed by atoms with Gasteiger partial charge in [0.05, 0.1) is 0 Å². The minimum atomic E-state index is 0.240. The summed E-state index contributed by atoms with van der Waals surface area (Å²) in [6.45, 7) is 2.24. The molecule has 0 unspecified atom stereocenters. The first-order valence-corrected chi connectivity index (χ1v) is 5.16. The second kappa shape index (κ2) is 7.54. The third-order valence-electron chi connectivity index (χ3n) is 2.07. The van der Waals surface area contributed by atoms with E-state index in [0.717, 1.165) is 19.6 Å². The fourth-order valence-electron chi connectivity index (χ4n) is 1.28. The highest BCUT2D eigenvalue weighted by molar-refractivity contribution is 5.14. The van der Waals surface area contributed by atoms with Crippen molar-refractivity contribution in [2.75, 3.05) is 19.8 Å². The molecule has 2 rings (SSSR count). The van der Waals surface area contributed by atoms with Gasteiger partial charge in [-0.05, 0) is 24.8 Å². The Labute approximate surface area is 85.5 Å². The molecule has 1 saturated heterocycles. The molecule has 14 heavy (non-hydrogen) atoms. The summed E-state index contributed by atoms with van der Waals surface area (Å²) in [6, 6.07) is 9.95. The highest BCUT2D eigenvalue weighted by Crippen LogP contribution is 1.98. The SMILES string of the molecule is C1CCOC1.OCCc1ccccc1. The zero-order valence-electron chi connectivity index (χ0n) is 8.48. The van der Waals surface area contributed by atoms with Crippen LogP contribution in [-0.4, -0.2) is 24.9 Å². The van der Waals surface area contributed by atoms with Crippen molar-refractivity contribution in [2.45, 2.75) is 19.3 Å². The molecule has 0 atom stereocenters. The number of ether oxygens (including phenoxy) is 1. The standard InChI is InChI=1S/C8H10O.C4H8O/c9-7-6-8-4-2-1-3-5-8;1-2-4-5-3-1/h1-5,9H,6-7H2;1-4H2. The molecular formula is C12H18O2. The van der Waals surface area contributed by atoms with E-state index in [1.54, 1.807) is 0 Å². The predicted octanol–water partition coefficient (Wildman–Crippen LogP) is 2.02. The molecule has 1 aromatic carbocycles. The van der Waals surface area contributed by atoms with E-state index in [4.69, 9.17) is 9.84 Å². The summed E-state index contributed by atoms with van der Waals surface area (Å²) in [6.07, 6.45) is 3.32. The molecule has 2 nitrogen and oxygen atoms in total. The molecule has 78 valence electrons. The van der Waals surface area contributed by atoms with Crippen LogP contribution < -0.4 is 0 Å². The molecule has 1 N–H and O–H groups in total. The van der Waals surface area contributed by atoms with Crippen LogP contribution in [0.5, 0.6) is 0 Å². The Bertz CT molecular complexity index is 209. The van der Waals surface area contributed by atoms with Crippen molar-refractivity contribution in [3.05, 3.63) is 35.9 Å². The summed E-state index contributed by atoms with van der Waals surface area (Å²) >= 11 is 0. The highest BCUT2D eigenvalue weighted by atomic mass is 16.5. The van der Waals surface area contributed by atoms with Crippen LogP contribution in [0.15, 0.2) is 30.3 Å². The van der Waals surface area contributed by atoms with Gasteiger partial charge in [-0.25, -0.2) is 0 Å². The first-order valence-electron chi connectivity index (χ1n) is 5.16. The number of aliphatic hydroxyl groups excluding tert-OH is 1. The monoisotopic (exact) mass is 194 g/mol. The Morgan fingerprint density at radius 3 is 2.14 bits per heavy atom. The second-order valence-electron chi connectivity index (χ2n) is 3.28. The van der Waals surface area contributed by atoms with Gasteiger partial charge >= 0.3 is 0 Å². The second-order valence-corrected chi connectivity index (χ2v) is 3.28. The molecule has 0 saturated carbocycles. The fraction of sp³-hybridized carbons (Fsp3) is 0.500. The van der Waals surface area contributed by atoms with Crippen molar-refractivity contribution in [1.29, 1.82) is 0 Å². The van der Waals surface area contributed by atoms with Crippen molar-refractivity contribution in [2.24, 2.45) is 0 Å². The lowest BCUT2D eigenvalue weighted by atomic mass is 10.2. The van der Waals surface area contributed by atoms with E-state index in [1.165, 1.54) is 18.4 Å². The predicted molar refractivity (Wildman–Crippen MR) is 57.3 cm³/mol. The van der Waals surface area contributed by atoms with E-state index in [9.17, 15) is 0 Å². The van der Waals surface area contributed by atoms with Crippen LogP contribution in [0, 0.1) is 0 Å². The maximum atomic E-state index is 8.52. The van der Waals surface area contributed by atoms with Crippen molar-refractivity contribution in [1.82, 2.24) is 0 Å². The van der Waals surface area contributed by atoms with Crippen LogP contribution >= 0.6 is 0 Å². The molecule has 0 amide bonds. The minimum Gasteiger partial charge on any atom is -0.396 e. The van der Waals surface area contributed by atoms with Gasteiger partial charge in [-0.3, -0.25) is 0 Å². The van der Waals surface area contributed by atoms with E-state index in [2.05, 4.69) is 0 Å². The van der Waals surface area contributed by atoms with E-state index < -0.39 is 0 Å². The van der Waals surface area contributed by atoms with Crippen molar-refractivity contribution < 1.29 is 9.84 Å². The van der Waals surface area contributed by atoms with E-state index in [0.29, 0.717) is 0 Å². The lowest BCUT2D eigenvalue weighted by molar-refractivity contribution is 0.198. The van der Waals surface area contributed by atoms with Gasteiger partial charge in [0, 0.05) is 19.8 Å². The topological polar surface area (TPSA) is 29.5 Å². The molecule has 1 aliphatic rings. The van der Waals surface area contributed by atoms with E-state index in [1.807, 2.05) is 30.3 Å². The Kier molecular flexibility index (Phi) is 6.04. The Morgan fingerprint density at radius 1 is 1.07 bits per heavy atom. The highest BCUT2D eigenvalue weighted by Gasteiger charge is 1.94. The summed E-state index contributed by atoms with van der Waals surface area (Å²) in [4.78, 5) is 0. The number of hydrogen-bond donors (Lipinski definition) is 1. The first-order chi connectivity index (χ1) is 6.93. The Morgan fingerprint density at radius 2 is 1.71 bits per heavy atom. The average molecular weight is 194 g/mol. The van der Waals surface area contributed by atoms with E-state index in [-0.39, 0.29) is 6.61 Å². The summed E-state index contributed by atoms with van der Waals surface area (Å²) in [7, 11) is 0. The number of aliphatic hydroxyl groups is 1. The van der Waals surface area contributed by atoms with Crippen molar-refractivity contribution in [3.63, 3.8) is 0 Å². The number of hydrogen-bond acceptors (Lipinski definition) is 2.